The monoisotopic (exact) mass is 327 g/mol. The second kappa shape index (κ2) is 4.81. The van der Waals surface area contributed by atoms with Crippen LogP contribution in [0.15, 0.2) is 6.07 Å². The van der Waals surface area contributed by atoms with Gasteiger partial charge in [-0.05, 0) is 18.9 Å². The second-order valence-corrected chi connectivity index (χ2v) is 6.89. The highest BCUT2D eigenvalue weighted by Crippen LogP contribution is 2.41. The van der Waals surface area contributed by atoms with Crippen LogP contribution in [0.2, 0.25) is 0 Å². The maximum absolute atomic E-state index is 13.9. The Morgan fingerprint density at radius 2 is 1.95 bits per heavy atom. The largest absolute Gasteiger partial charge is 0.503 e. The number of thiazole rings is 1. The van der Waals surface area contributed by atoms with Crippen LogP contribution in [0, 0.1) is 22.9 Å². The molecule has 1 heterocycles. The topological polar surface area (TPSA) is 50.2 Å². The van der Waals surface area contributed by atoms with Gasteiger partial charge in [-0.3, -0.25) is 4.79 Å². The van der Waals surface area contributed by atoms with Gasteiger partial charge >= 0.3 is 0 Å². The minimum Gasteiger partial charge on any atom is -0.503 e. The molecule has 1 aromatic heterocycles. The second-order valence-electron chi connectivity index (χ2n) is 5.89. The van der Waals surface area contributed by atoms with Gasteiger partial charge in [-0.2, -0.15) is 4.39 Å². The number of ketones is 1. The Morgan fingerprint density at radius 3 is 2.64 bits per heavy atom. The fourth-order valence-electron chi connectivity index (χ4n) is 2.41. The first-order valence-electron chi connectivity index (χ1n) is 6.63. The number of phenols is 1. The number of carbonyl (C=O) groups excluding carboxylic acids is 1. The maximum atomic E-state index is 13.9. The Bertz CT molecular complexity index is 799. The molecule has 1 aromatic carbocycles. The number of hydrogen-bond acceptors (Lipinski definition) is 4. The van der Waals surface area contributed by atoms with Gasteiger partial charge in [0.2, 0.25) is 5.82 Å². The number of fused-ring (bicyclic) bond motifs is 1. The average Bonchev–Trinajstić information content (AvgIpc) is 2.89. The van der Waals surface area contributed by atoms with Crippen molar-refractivity contribution < 1.29 is 23.1 Å². The Hall–Kier alpha value is -1.89. The number of aryl methyl sites for hydroxylation is 1. The van der Waals surface area contributed by atoms with Crippen LogP contribution in [0.4, 0.5) is 13.2 Å². The highest BCUT2D eigenvalue weighted by Gasteiger charge is 2.37. The summed E-state index contributed by atoms with van der Waals surface area (Å²) in [5.74, 6) is -5.77. The molecule has 0 atom stereocenters. The van der Waals surface area contributed by atoms with Gasteiger partial charge < -0.3 is 5.11 Å². The van der Waals surface area contributed by atoms with Crippen molar-refractivity contribution >= 4 is 17.1 Å². The lowest BCUT2D eigenvalue weighted by atomic mass is 9.78. The molecule has 0 radical (unpaired) electrons. The number of phenolic OH excluding ortho intramolecular Hbond substituents is 1. The molecule has 0 saturated carbocycles. The SMILES string of the molecule is CC1(C)CCc2nc(-c3cc(F)c(O)c(F)c3F)sc2C1=O. The van der Waals surface area contributed by atoms with E-state index >= 15 is 0 Å². The third-order valence-corrected chi connectivity index (χ3v) is 5.00. The van der Waals surface area contributed by atoms with Gasteiger partial charge in [-0.15, -0.1) is 11.3 Å². The molecule has 7 heteroatoms. The molecule has 1 N–H and O–H groups in total. The number of aromatic hydroxyl groups is 1. The van der Waals surface area contributed by atoms with Gasteiger partial charge in [0, 0.05) is 5.41 Å². The van der Waals surface area contributed by atoms with Crippen molar-refractivity contribution in [2.45, 2.75) is 26.7 Å². The molecule has 3 rings (SSSR count). The summed E-state index contributed by atoms with van der Waals surface area (Å²) in [6.07, 6.45) is 1.16. The van der Waals surface area contributed by atoms with Gasteiger partial charge in [0.05, 0.1) is 16.1 Å². The van der Waals surface area contributed by atoms with Crippen LogP contribution in [-0.2, 0) is 6.42 Å². The number of Topliss-reactive ketones (excluding diaryl/α,β-unsaturated/α-hetero) is 1. The fraction of sp³-hybridized carbons (Fsp3) is 0.333. The number of halogens is 3. The Morgan fingerprint density at radius 1 is 1.27 bits per heavy atom. The Labute approximate surface area is 128 Å². The van der Waals surface area contributed by atoms with Gasteiger partial charge in [-0.25, -0.2) is 13.8 Å². The molecule has 0 fully saturated rings. The van der Waals surface area contributed by atoms with Crippen molar-refractivity contribution in [2.75, 3.05) is 0 Å². The first-order valence-corrected chi connectivity index (χ1v) is 7.45. The molecule has 0 unspecified atom stereocenters. The number of hydrogen-bond donors (Lipinski definition) is 1. The molecule has 0 saturated heterocycles. The third-order valence-electron chi connectivity index (χ3n) is 3.87. The van der Waals surface area contributed by atoms with E-state index in [0.717, 1.165) is 11.3 Å². The van der Waals surface area contributed by atoms with E-state index in [9.17, 15) is 18.0 Å². The number of rotatable bonds is 1. The summed E-state index contributed by atoms with van der Waals surface area (Å²) in [7, 11) is 0. The van der Waals surface area contributed by atoms with Crippen LogP contribution >= 0.6 is 11.3 Å². The molecule has 2 aromatic rings. The molecule has 1 aliphatic carbocycles. The first-order chi connectivity index (χ1) is 10.2. The zero-order chi connectivity index (χ0) is 16.2. The highest BCUT2D eigenvalue weighted by molar-refractivity contribution is 7.17. The maximum Gasteiger partial charge on any atom is 0.204 e. The fourth-order valence-corrected chi connectivity index (χ4v) is 3.65. The summed E-state index contributed by atoms with van der Waals surface area (Å²) in [5.41, 5.74) is -0.392. The summed E-state index contributed by atoms with van der Waals surface area (Å²) in [6, 6.07) is 0.688. The molecular weight excluding hydrogens is 315 g/mol. The Kier molecular flexibility index (Phi) is 3.28. The van der Waals surface area contributed by atoms with Crippen molar-refractivity contribution in [3.8, 4) is 16.3 Å². The lowest BCUT2D eigenvalue weighted by Gasteiger charge is -2.26. The summed E-state index contributed by atoms with van der Waals surface area (Å²) in [4.78, 5) is 16.9. The Balaban J connectivity index is 2.15. The van der Waals surface area contributed by atoms with Gasteiger partial charge in [0.1, 0.15) is 5.01 Å². The molecule has 0 bridgehead atoms. The third kappa shape index (κ3) is 2.11. The van der Waals surface area contributed by atoms with Crippen molar-refractivity contribution in [1.29, 1.82) is 0 Å². The van der Waals surface area contributed by atoms with E-state index in [1.54, 1.807) is 0 Å². The number of carbonyl (C=O) groups is 1. The van der Waals surface area contributed by atoms with Crippen LogP contribution < -0.4 is 0 Å². The smallest absolute Gasteiger partial charge is 0.204 e. The van der Waals surface area contributed by atoms with Crippen LogP contribution in [0.3, 0.4) is 0 Å². The van der Waals surface area contributed by atoms with E-state index in [-0.39, 0.29) is 10.8 Å². The molecule has 116 valence electrons. The van der Waals surface area contributed by atoms with Crippen LogP contribution in [0.25, 0.3) is 10.6 Å². The zero-order valence-electron chi connectivity index (χ0n) is 11.8. The quantitative estimate of drug-likeness (QED) is 0.803. The summed E-state index contributed by atoms with van der Waals surface area (Å²) >= 11 is 0.921. The lowest BCUT2D eigenvalue weighted by molar-refractivity contribution is 0.0815. The van der Waals surface area contributed by atoms with Gasteiger partial charge in [0.15, 0.2) is 23.2 Å². The predicted octanol–water partition coefficient (Wildman–Crippen LogP) is 4.09. The molecule has 3 nitrogen and oxygen atoms in total. The van der Waals surface area contributed by atoms with Crippen LogP contribution in [-0.4, -0.2) is 15.9 Å². The van der Waals surface area contributed by atoms with Gasteiger partial charge in [0.25, 0.3) is 0 Å². The molecule has 1 aliphatic rings. The summed E-state index contributed by atoms with van der Waals surface area (Å²) in [6.45, 7) is 3.64. The van der Waals surface area contributed by atoms with Crippen LogP contribution in [0.1, 0.15) is 35.6 Å². The van der Waals surface area contributed by atoms with Crippen molar-refractivity contribution in [1.82, 2.24) is 4.98 Å². The predicted molar refractivity (Wildman–Crippen MR) is 75.5 cm³/mol. The minimum absolute atomic E-state index is 0.0337. The summed E-state index contributed by atoms with van der Waals surface area (Å²) < 4.78 is 40.8. The van der Waals surface area contributed by atoms with Crippen molar-refractivity contribution in [3.63, 3.8) is 0 Å². The highest BCUT2D eigenvalue weighted by atomic mass is 32.1. The standard InChI is InChI=1S/C15H12F3NO2S/c1-15(2)4-3-8-12(13(15)21)22-14(19-8)6-5-7(16)11(20)10(18)9(6)17/h5,20H,3-4H2,1-2H3. The first kappa shape index (κ1) is 15.0. The molecule has 0 spiro atoms. The normalized spacial score (nSPS) is 16.7. The van der Waals surface area contributed by atoms with E-state index in [4.69, 9.17) is 5.11 Å². The molecule has 22 heavy (non-hydrogen) atoms. The van der Waals surface area contributed by atoms with Crippen LogP contribution in [0.5, 0.6) is 5.75 Å². The molecule has 0 aliphatic heterocycles. The number of nitrogens with zero attached hydrogens (tertiary/aromatic N) is 1. The van der Waals surface area contributed by atoms with E-state index in [1.807, 2.05) is 13.8 Å². The van der Waals surface area contributed by atoms with E-state index < -0.39 is 34.2 Å². The van der Waals surface area contributed by atoms with Crippen molar-refractivity contribution in [3.05, 3.63) is 34.1 Å². The molecule has 0 amide bonds. The van der Waals surface area contributed by atoms with E-state index in [0.29, 0.717) is 29.5 Å². The van der Waals surface area contributed by atoms with Crippen molar-refractivity contribution in [2.24, 2.45) is 5.41 Å². The zero-order valence-corrected chi connectivity index (χ0v) is 12.7. The van der Waals surface area contributed by atoms with E-state index in [1.165, 1.54) is 0 Å². The average molecular weight is 327 g/mol. The lowest BCUT2D eigenvalue weighted by Crippen LogP contribution is -2.29. The summed E-state index contributed by atoms with van der Waals surface area (Å²) in [5, 5.41) is 9.10. The molecular formula is C15H12F3NO2S. The minimum atomic E-state index is -1.66. The number of aromatic nitrogens is 1. The number of benzene rings is 1. The van der Waals surface area contributed by atoms with Gasteiger partial charge in [-0.1, -0.05) is 13.8 Å². The van der Waals surface area contributed by atoms with E-state index in [2.05, 4.69) is 4.98 Å².